The molecule has 0 aliphatic heterocycles. The zero-order chi connectivity index (χ0) is 16.8. The molecule has 23 heavy (non-hydrogen) atoms. The van der Waals surface area contributed by atoms with Gasteiger partial charge < -0.3 is 16.4 Å². The van der Waals surface area contributed by atoms with Gasteiger partial charge in [0.1, 0.15) is 10.7 Å². The molecule has 0 unspecified atom stereocenters. The Hall–Kier alpha value is -1.96. The number of thiazole rings is 1. The van der Waals surface area contributed by atoms with Crippen LogP contribution in [0.3, 0.4) is 0 Å². The number of aromatic nitrogens is 1. The second-order valence-corrected chi connectivity index (χ2v) is 6.09. The number of hydrogen-bond acceptors (Lipinski definition) is 5. The molecule has 2 amide bonds. The van der Waals surface area contributed by atoms with Crippen molar-refractivity contribution in [3.63, 3.8) is 0 Å². The lowest BCUT2D eigenvalue weighted by molar-refractivity contribution is 0.0953. The van der Waals surface area contributed by atoms with Crippen molar-refractivity contribution < 1.29 is 9.59 Å². The van der Waals surface area contributed by atoms with Crippen LogP contribution in [0.1, 0.15) is 39.2 Å². The Morgan fingerprint density at radius 3 is 2.74 bits per heavy atom. The minimum atomic E-state index is -0.347. The van der Waals surface area contributed by atoms with E-state index < -0.39 is 0 Å². The molecule has 0 aliphatic rings. The second-order valence-electron chi connectivity index (χ2n) is 4.74. The Morgan fingerprint density at radius 2 is 2.13 bits per heavy atom. The first-order valence-corrected chi connectivity index (χ1v) is 8.34. The molecule has 2 aromatic rings. The van der Waals surface area contributed by atoms with Crippen LogP contribution in [0.15, 0.2) is 23.6 Å². The maximum atomic E-state index is 12.1. The van der Waals surface area contributed by atoms with E-state index in [1.54, 1.807) is 17.5 Å². The van der Waals surface area contributed by atoms with Crippen molar-refractivity contribution in [3.05, 3.63) is 44.9 Å². The fourth-order valence-corrected chi connectivity index (χ4v) is 2.74. The molecule has 1 aromatic heterocycles. The van der Waals surface area contributed by atoms with Gasteiger partial charge in [-0.25, -0.2) is 4.98 Å². The molecule has 0 radical (unpaired) electrons. The van der Waals surface area contributed by atoms with Gasteiger partial charge in [0.15, 0.2) is 0 Å². The average Bonchev–Trinajstić information content (AvgIpc) is 3.02. The van der Waals surface area contributed by atoms with Crippen LogP contribution in [-0.2, 0) is 6.54 Å². The van der Waals surface area contributed by atoms with Crippen LogP contribution >= 0.6 is 22.9 Å². The Kier molecular flexibility index (Phi) is 6.09. The number of carbonyl (C=O) groups is 2. The van der Waals surface area contributed by atoms with Crippen LogP contribution in [0.4, 0.5) is 5.69 Å². The van der Waals surface area contributed by atoms with E-state index in [1.807, 2.05) is 6.92 Å². The lowest BCUT2D eigenvalue weighted by Gasteiger charge is -2.08. The maximum absolute atomic E-state index is 12.1. The van der Waals surface area contributed by atoms with E-state index in [4.69, 9.17) is 17.3 Å². The number of nitrogens with two attached hydrogens (primary N) is 1. The number of nitrogens with zero attached hydrogens (tertiary/aromatic N) is 1. The quantitative estimate of drug-likeness (QED) is 0.744. The first-order valence-electron chi connectivity index (χ1n) is 7.08. The minimum Gasteiger partial charge on any atom is -0.352 e. The molecule has 1 heterocycles. The second kappa shape index (κ2) is 8.05. The summed E-state index contributed by atoms with van der Waals surface area (Å²) in [7, 11) is 0. The molecular formula is C15H17ClN4O2S. The summed E-state index contributed by atoms with van der Waals surface area (Å²) in [5, 5.41) is 8.06. The summed E-state index contributed by atoms with van der Waals surface area (Å²) in [5.41, 5.74) is 6.65. The number of nitrogens with one attached hydrogen (secondary N) is 2. The van der Waals surface area contributed by atoms with Gasteiger partial charge >= 0.3 is 0 Å². The third-order valence-electron chi connectivity index (χ3n) is 2.97. The molecule has 0 saturated heterocycles. The number of hydrogen-bond donors (Lipinski definition) is 3. The van der Waals surface area contributed by atoms with Crippen LogP contribution in [0, 0.1) is 0 Å². The third kappa shape index (κ3) is 4.51. The standard InChI is InChI=1S/C15H17ClN4O2S/c1-2-5-18-14(21)10-4-3-9(6-11(10)16)19-15(22)12-8-23-13(7-17)20-12/h3-4,6,8H,2,5,7,17H2,1H3,(H,18,21)(H,19,22). The Balaban J connectivity index is 2.08. The molecule has 1 aromatic carbocycles. The number of anilines is 1. The summed E-state index contributed by atoms with van der Waals surface area (Å²) in [4.78, 5) is 28.1. The van der Waals surface area contributed by atoms with Crippen molar-refractivity contribution in [2.24, 2.45) is 5.73 Å². The Labute approximate surface area is 143 Å². The fraction of sp³-hybridized carbons (Fsp3) is 0.267. The van der Waals surface area contributed by atoms with Crippen molar-refractivity contribution in [3.8, 4) is 0 Å². The number of halogens is 1. The molecule has 0 atom stereocenters. The van der Waals surface area contributed by atoms with Gasteiger partial charge in [0, 0.05) is 24.2 Å². The summed E-state index contributed by atoms with van der Waals surface area (Å²) in [5.74, 6) is -0.581. The highest BCUT2D eigenvalue weighted by molar-refractivity contribution is 7.09. The highest BCUT2D eigenvalue weighted by Crippen LogP contribution is 2.22. The molecule has 0 bridgehead atoms. The van der Waals surface area contributed by atoms with Crippen molar-refractivity contribution in [2.45, 2.75) is 19.9 Å². The molecule has 6 nitrogen and oxygen atoms in total. The SMILES string of the molecule is CCCNC(=O)c1ccc(NC(=O)c2csc(CN)n2)cc1Cl. The van der Waals surface area contributed by atoms with Gasteiger partial charge in [0.2, 0.25) is 0 Å². The van der Waals surface area contributed by atoms with Gasteiger partial charge in [-0.3, -0.25) is 9.59 Å². The van der Waals surface area contributed by atoms with Gasteiger partial charge in [0.25, 0.3) is 11.8 Å². The van der Waals surface area contributed by atoms with E-state index in [0.29, 0.717) is 35.0 Å². The van der Waals surface area contributed by atoms with Crippen LogP contribution in [0.25, 0.3) is 0 Å². The van der Waals surface area contributed by atoms with Gasteiger partial charge in [-0.15, -0.1) is 11.3 Å². The molecular weight excluding hydrogens is 336 g/mol. The van der Waals surface area contributed by atoms with E-state index in [-0.39, 0.29) is 16.8 Å². The van der Waals surface area contributed by atoms with Gasteiger partial charge in [0.05, 0.1) is 10.6 Å². The largest absolute Gasteiger partial charge is 0.352 e. The van der Waals surface area contributed by atoms with Crippen LogP contribution in [0.2, 0.25) is 5.02 Å². The van der Waals surface area contributed by atoms with Crippen LogP contribution in [0.5, 0.6) is 0 Å². The summed E-state index contributed by atoms with van der Waals surface area (Å²) < 4.78 is 0. The highest BCUT2D eigenvalue weighted by atomic mass is 35.5. The third-order valence-corrected chi connectivity index (χ3v) is 4.15. The van der Waals surface area contributed by atoms with Crippen LogP contribution in [-0.4, -0.2) is 23.3 Å². The maximum Gasteiger partial charge on any atom is 0.275 e. The van der Waals surface area contributed by atoms with Crippen LogP contribution < -0.4 is 16.4 Å². The van der Waals surface area contributed by atoms with E-state index in [2.05, 4.69) is 15.6 Å². The Morgan fingerprint density at radius 1 is 1.35 bits per heavy atom. The molecule has 2 rings (SSSR count). The predicted octanol–water partition coefficient (Wildman–Crippen LogP) is 2.65. The summed E-state index contributed by atoms with van der Waals surface area (Å²) in [6, 6.07) is 4.74. The van der Waals surface area contributed by atoms with Gasteiger partial charge in [-0.2, -0.15) is 0 Å². The number of carbonyl (C=O) groups excluding carboxylic acids is 2. The van der Waals surface area contributed by atoms with E-state index in [9.17, 15) is 9.59 Å². The van der Waals surface area contributed by atoms with Crippen molar-refractivity contribution in [1.82, 2.24) is 10.3 Å². The molecule has 0 saturated carbocycles. The van der Waals surface area contributed by atoms with Crippen molar-refractivity contribution >= 4 is 40.4 Å². The monoisotopic (exact) mass is 352 g/mol. The van der Waals surface area contributed by atoms with Gasteiger partial charge in [-0.1, -0.05) is 18.5 Å². The first kappa shape index (κ1) is 17.4. The molecule has 0 aliphatic carbocycles. The molecule has 4 N–H and O–H groups in total. The molecule has 0 fully saturated rings. The molecule has 8 heteroatoms. The predicted molar refractivity (Wildman–Crippen MR) is 92.0 cm³/mol. The minimum absolute atomic E-state index is 0.234. The summed E-state index contributed by atoms with van der Waals surface area (Å²) >= 11 is 7.45. The highest BCUT2D eigenvalue weighted by Gasteiger charge is 2.13. The topological polar surface area (TPSA) is 97.1 Å². The summed E-state index contributed by atoms with van der Waals surface area (Å²) in [6.45, 7) is 2.85. The normalized spacial score (nSPS) is 10.4. The fourth-order valence-electron chi connectivity index (χ4n) is 1.81. The number of amides is 2. The average molecular weight is 353 g/mol. The first-order chi connectivity index (χ1) is 11.0. The zero-order valence-corrected chi connectivity index (χ0v) is 14.1. The zero-order valence-electron chi connectivity index (χ0n) is 12.6. The lowest BCUT2D eigenvalue weighted by atomic mass is 10.2. The number of rotatable bonds is 6. The van der Waals surface area contributed by atoms with Gasteiger partial charge in [-0.05, 0) is 24.6 Å². The van der Waals surface area contributed by atoms with E-state index >= 15 is 0 Å². The van der Waals surface area contributed by atoms with Crippen molar-refractivity contribution in [1.29, 1.82) is 0 Å². The van der Waals surface area contributed by atoms with E-state index in [0.717, 1.165) is 6.42 Å². The van der Waals surface area contributed by atoms with E-state index in [1.165, 1.54) is 17.4 Å². The molecule has 122 valence electrons. The summed E-state index contributed by atoms with van der Waals surface area (Å²) in [6.07, 6.45) is 0.843. The lowest BCUT2D eigenvalue weighted by Crippen LogP contribution is -2.24. The van der Waals surface area contributed by atoms with Crippen molar-refractivity contribution in [2.75, 3.05) is 11.9 Å². The smallest absolute Gasteiger partial charge is 0.275 e. The Bertz CT molecular complexity index is 717. The molecule has 0 spiro atoms. The number of benzene rings is 1.